The van der Waals surface area contributed by atoms with E-state index in [-0.39, 0.29) is 21.9 Å². The van der Waals surface area contributed by atoms with Crippen molar-refractivity contribution < 1.29 is 31.9 Å². The second-order valence-corrected chi connectivity index (χ2v) is 7.85. The molecule has 0 N–H and O–H groups in total. The van der Waals surface area contributed by atoms with Crippen molar-refractivity contribution in [3.05, 3.63) is 105 Å². The van der Waals surface area contributed by atoms with E-state index in [0.717, 1.165) is 17.2 Å². The second-order valence-electron chi connectivity index (χ2n) is 7.44. The number of hydrogen-bond acceptors (Lipinski definition) is 5. The summed E-state index contributed by atoms with van der Waals surface area (Å²) < 4.78 is 56.5. The topological polar surface area (TPSA) is 65.7 Å². The third-order valence-electron chi connectivity index (χ3n) is 4.84. The Labute approximate surface area is 202 Å². The minimum Gasteiger partial charge on any atom is -0.448 e. The summed E-state index contributed by atoms with van der Waals surface area (Å²) in [4.78, 5) is 25.0. The molecule has 3 aromatic carbocycles. The number of carbonyl (C=O) groups is 1. The molecule has 0 fully saturated rings. The Bertz CT molecular complexity index is 1490. The Morgan fingerprint density at radius 2 is 1.74 bits per heavy atom. The first-order chi connectivity index (χ1) is 16.6. The van der Waals surface area contributed by atoms with Gasteiger partial charge in [0, 0.05) is 12.1 Å². The molecule has 0 saturated carbocycles. The largest absolute Gasteiger partial charge is 0.453 e. The maximum Gasteiger partial charge on any atom is 0.453 e. The van der Waals surface area contributed by atoms with Gasteiger partial charge in [-0.05, 0) is 42.8 Å². The van der Waals surface area contributed by atoms with Gasteiger partial charge in [-0.25, -0.2) is 4.79 Å². The number of aryl methyl sites for hydroxylation is 1. The van der Waals surface area contributed by atoms with E-state index >= 15 is 0 Å². The van der Waals surface area contributed by atoms with E-state index in [1.807, 2.05) is 31.2 Å². The van der Waals surface area contributed by atoms with Crippen LogP contribution in [0.5, 0.6) is 17.2 Å². The van der Waals surface area contributed by atoms with Gasteiger partial charge in [0.15, 0.2) is 0 Å². The zero-order valence-corrected chi connectivity index (χ0v) is 18.8. The molecule has 35 heavy (non-hydrogen) atoms. The predicted molar refractivity (Wildman–Crippen MR) is 125 cm³/mol. The zero-order valence-electron chi connectivity index (χ0n) is 18.1. The van der Waals surface area contributed by atoms with Crippen molar-refractivity contribution in [1.29, 1.82) is 0 Å². The SMILES string of the molecule is Cc1ccc(/C=C/C(=O)Oc2ccc3c(=O)c(Oc4ccccc4Cl)c(C(F)(F)F)oc3c2)cc1. The van der Waals surface area contributed by atoms with E-state index in [2.05, 4.69) is 0 Å². The van der Waals surface area contributed by atoms with E-state index in [0.29, 0.717) is 0 Å². The predicted octanol–water partition coefficient (Wildman–Crippen LogP) is 7.18. The molecular formula is C26H16ClF3O5. The summed E-state index contributed by atoms with van der Waals surface area (Å²) in [5.74, 6) is -3.70. The van der Waals surface area contributed by atoms with Gasteiger partial charge in [0.2, 0.25) is 11.2 Å². The molecule has 0 atom stereocenters. The molecule has 0 aliphatic heterocycles. The average Bonchev–Trinajstić information content (AvgIpc) is 2.81. The van der Waals surface area contributed by atoms with Crippen molar-refractivity contribution in [3.63, 3.8) is 0 Å². The van der Waals surface area contributed by atoms with Gasteiger partial charge in [-0.15, -0.1) is 0 Å². The number of para-hydroxylation sites is 1. The molecule has 4 rings (SSSR count). The van der Waals surface area contributed by atoms with E-state index in [1.54, 1.807) is 6.07 Å². The molecule has 0 radical (unpaired) electrons. The quantitative estimate of drug-likeness (QED) is 0.165. The molecule has 4 aromatic rings. The van der Waals surface area contributed by atoms with Crippen LogP contribution in [0, 0.1) is 6.92 Å². The molecule has 1 aromatic heterocycles. The van der Waals surface area contributed by atoms with Crippen molar-refractivity contribution in [2.24, 2.45) is 0 Å². The molecule has 5 nitrogen and oxygen atoms in total. The van der Waals surface area contributed by atoms with Crippen LogP contribution in [0.3, 0.4) is 0 Å². The molecule has 9 heteroatoms. The lowest BCUT2D eigenvalue weighted by molar-refractivity contribution is -0.154. The van der Waals surface area contributed by atoms with Gasteiger partial charge in [0.05, 0.1) is 10.4 Å². The fraction of sp³-hybridized carbons (Fsp3) is 0.0769. The maximum atomic E-state index is 13.7. The maximum absolute atomic E-state index is 13.7. The standard InChI is InChI=1S/C26H16ClF3O5/c1-15-6-8-16(9-7-15)10-13-22(31)33-17-11-12-18-21(14-17)35-25(26(28,29)30)24(23(18)32)34-20-5-3-2-4-19(20)27/h2-14H,1H3/b13-10+. The molecule has 0 bridgehead atoms. The molecule has 0 spiro atoms. The molecule has 0 unspecified atom stereocenters. The average molecular weight is 501 g/mol. The van der Waals surface area contributed by atoms with Crippen LogP contribution in [0.15, 0.2) is 82.0 Å². The number of halogens is 4. The van der Waals surface area contributed by atoms with Crippen LogP contribution in [-0.4, -0.2) is 5.97 Å². The summed E-state index contributed by atoms with van der Waals surface area (Å²) in [7, 11) is 0. The van der Waals surface area contributed by atoms with Gasteiger partial charge in [0.1, 0.15) is 17.1 Å². The van der Waals surface area contributed by atoms with Crippen LogP contribution in [0.1, 0.15) is 16.9 Å². The number of rotatable bonds is 5. The van der Waals surface area contributed by atoms with Gasteiger partial charge >= 0.3 is 12.1 Å². The summed E-state index contributed by atoms with van der Waals surface area (Å²) in [6.07, 6.45) is -2.34. The van der Waals surface area contributed by atoms with E-state index in [4.69, 9.17) is 25.5 Å². The van der Waals surface area contributed by atoms with Crippen LogP contribution in [0.25, 0.3) is 17.0 Å². The smallest absolute Gasteiger partial charge is 0.448 e. The third-order valence-corrected chi connectivity index (χ3v) is 5.15. The first kappa shape index (κ1) is 24.1. The fourth-order valence-corrected chi connectivity index (χ4v) is 3.30. The highest BCUT2D eigenvalue weighted by molar-refractivity contribution is 6.32. The highest BCUT2D eigenvalue weighted by Gasteiger charge is 2.40. The van der Waals surface area contributed by atoms with Crippen molar-refractivity contribution in [2.45, 2.75) is 13.1 Å². The van der Waals surface area contributed by atoms with Crippen molar-refractivity contribution in [3.8, 4) is 17.2 Å². The monoisotopic (exact) mass is 500 g/mol. The van der Waals surface area contributed by atoms with Crippen molar-refractivity contribution in [1.82, 2.24) is 0 Å². The van der Waals surface area contributed by atoms with Gasteiger partial charge < -0.3 is 13.9 Å². The number of carbonyl (C=O) groups excluding carboxylic acids is 1. The van der Waals surface area contributed by atoms with Gasteiger partial charge in [-0.2, -0.15) is 13.2 Å². The van der Waals surface area contributed by atoms with Crippen LogP contribution in [0.2, 0.25) is 5.02 Å². The number of benzene rings is 3. The third kappa shape index (κ3) is 5.55. The minimum atomic E-state index is -5.05. The summed E-state index contributed by atoms with van der Waals surface area (Å²) in [6, 6.07) is 16.6. The molecule has 0 aliphatic rings. The minimum absolute atomic E-state index is 0.0149. The normalized spacial score (nSPS) is 11.7. The number of alkyl halides is 3. The second kappa shape index (κ2) is 9.68. The Morgan fingerprint density at radius 1 is 1.03 bits per heavy atom. The van der Waals surface area contributed by atoms with Gasteiger partial charge in [0.25, 0.3) is 5.76 Å². The lowest BCUT2D eigenvalue weighted by Crippen LogP contribution is -2.15. The molecule has 1 heterocycles. The summed E-state index contributed by atoms with van der Waals surface area (Å²) in [5.41, 5.74) is 0.330. The van der Waals surface area contributed by atoms with Crippen molar-refractivity contribution >= 4 is 34.6 Å². The number of hydrogen-bond donors (Lipinski definition) is 0. The fourth-order valence-electron chi connectivity index (χ4n) is 3.13. The Morgan fingerprint density at radius 3 is 2.43 bits per heavy atom. The van der Waals surface area contributed by atoms with E-state index in [9.17, 15) is 22.8 Å². The Balaban J connectivity index is 1.67. The van der Waals surface area contributed by atoms with Crippen LogP contribution in [-0.2, 0) is 11.0 Å². The number of fused-ring (bicyclic) bond motifs is 1. The first-order valence-corrected chi connectivity index (χ1v) is 10.6. The first-order valence-electron chi connectivity index (χ1n) is 10.2. The van der Waals surface area contributed by atoms with Crippen LogP contribution >= 0.6 is 11.6 Å². The van der Waals surface area contributed by atoms with E-state index in [1.165, 1.54) is 42.5 Å². The lowest BCUT2D eigenvalue weighted by atomic mass is 10.1. The van der Waals surface area contributed by atoms with Crippen molar-refractivity contribution in [2.75, 3.05) is 0 Å². The summed E-state index contributed by atoms with van der Waals surface area (Å²) >= 11 is 5.96. The summed E-state index contributed by atoms with van der Waals surface area (Å²) in [6.45, 7) is 1.93. The molecule has 0 amide bonds. The Kier molecular flexibility index (Phi) is 6.66. The van der Waals surface area contributed by atoms with Gasteiger partial charge in [-0.1, -0.05) is 53.6 Å². The highest BCUT2D eigenvalue weighted by atomic mass is 35.5. The zero-order chi connectivity index (χ0) is 25.2. The van der Waals surface area contributed by atoms with Crippen LogP contribution < -0.4 is 14.9 Å². The molecular weight excluding hydrogens is 485 g/mol. The highest BCUT2D eigenvalue weighted by Crippen LogP contribution is 2.39. The molecule has 0 aliphatic carbocycles. The molecule has 178 valence electrons. The van der Waals surface area contributed by atoms with Crippen LogP contribution in [0.4, 0.5) is 13.2 Å². The number of esters is 1. The summed E-state index contributed by atoms with van der Waals surface area (Å²) in [5, 5.41) is -0.184. The lowest BCUT2D eigenvalue weighted by Gasteiger charge is -2.14. The number of ether oxygens (including phenoxy) is 2. The van der Waals surface area contributed by atoms with E-state index < -0.39 is 34.7 Å². The molecule has 0 saturated heterocycles. The Hall–Kier alpha value is -4.04. The van der Waals surface area contributed by atoms with Gasteiger partial charge in [-0.3, -0.25) is 4.79 Å².